The predicted octanol–water partition coefficient (Wildman–Crippen LogP) is 2.02. The summed E-state index contributed by atoms with van der Waals surface area (Å²) in [6.45, 7) is 11.3. The minimum atomic E-state index is -0.230. The Morgan fingerprint density at radius 3 is 2.64 bits per heavy atom. The van der Waals surface area contributed by atoms with Crippen molar-refractivity contribution in [2.45, 2.75) is 32.4 Å². The number of ether oxygens (including phenoxy) is 2. The van der Waals surface area contributed by atoms with Gasteiger partial charge in [0, 0.05) is 50.1 Å². The third-order valence-electron chi connectivity index (χ3n) is 4.50. The monoisotopic (exact) mass is 368 g/mol. The molecule has 0 saturated carbocycles. The topological polar surface area (TPSA) is 58.1 Å². The lowest BCUT2D eigenvalue weighted by Gasteiger charge is -2.34. The molecule has 2 N–H and O–H groups in total. The molecule has 25 heavy (non-hydrogen) atoms. The van der Waals surface area contributed by atoms with Crippen molar-refractivity contribution >= 4 is 17.3 Å². The van der Waals surface area contributed by atoms with Crippen LogP contribution in [0, 0.1) is 6.92 Å². The van der Waals surface area contributed by atoms with E-state index in [0.717, 1.165) is 38.8 Å². The summed E-state index contributed by atoms with van der Waals surface area (Å²) in [5.74, 6) is 0.802. The molecule has 6 nitrogen and oxygen atoms in total. The van der Waals surface area contributed by atoms with E-state index in [9.17, 15) is 0 Å². The summed E-state index contributed by atoms with van der Waals surface area (Å²) in [5.41, 5.74) is -0.230. The molecule has 0 bridgehead atoms. The number of nitrogens with one attached hydrogen (secondary N) is 2. The molecule has 0 spiro atoms. The standard InChI is InChI=1S/C18H32N4O2S/c1-14-6-7-16(25-14)15(22-8-10-24-11-9-22)12-20-17(19-4)21-13-18(2,3)23-5/h6-7,15H,8-13H2,1-5H3,(H2,19,20,21). The van der Waals surface area contributed by atoms with Gasteiger partial charge in [0.2, 0.25) is 0 Å². The Kier molecular flexibility index (Phi) is 7.68. The van der Waals surface area contributed by atoms with Crippen molar-refractivity contribution in [1.82, 2.24) is 15.5 Å². The van der Waals surface area contributed by atoms with Crippen LogP contribution in [0.25, 0.3) is 0 Å². The molecule has 1 aliphatic rings. The zero-order chi connectivity index (χ0) is 18.3. The van der Waals surface area contributed by atoms with Gasteiger partial charge in [0.05, 0.1) is 24.9 Å². The minimum Gasteiger partial charge on any atom is -0.379 e. The van der Waals surface area contributed by atoms with Gasteiger partial charge in [0.1, 0.15) is 0 Å². The number of morpholine rings is 1. The van der Waals surface area contributed by atoms with Gasteiger partial charge in [-0.3, -0.25) is 9.89 Å². The quantitative estimate of drug-likeness (QED) is 0.570. The highest BCUT2D eigenvalue weighted by molar-refractivity contribution is 7.12. The van der Waals surface area contributed by atoms with E-state index in [0.29, 0.717) is 12.6 Å². The van der Waals surface area contributed by atoms with Crippen LogP contribution in [0.5, 0.6) is 0 Å². The third kappa shape index (κ3) is 6.26. The summed E-state index contributed by atoms with van der Waals surface area (Å²) in [7, 11) is 3.53. The molecule has 7 heteroatoms. The summed E-state index contributed by atoms with van der Waals surface area (Å²) in [6.07, 6.45) is 0. The maximum absolute atomic E-state index is 5.52. The molecule has 2 rings (SSSR count). The lowest BCUT2D eigenvalue weighted by molar-refractivity contribution is 0.0174. The Morgan fingerprint density at radius 2 is 2.08 bits per heavy atom. The van der Waals surface area contributed by atoms with Crippen molar-refractivity contribution in [3.8, 4) is 0 Å². The second kappa shape index (κ2) is 9.52. The first-order chi connectivity index (χ1) is 11.9. The van der Waals surface area contributed by atoms with Gasteiger partial charge < -0.3 is 20.1 Å². The molecule has 1 fully saturated rings. The lowest BCUT2D eigenvalue weighted by Crippen LogP contribution is -2.48. The van der Waals surface area contributed by atoms with Crippen LogP contribution in [0.15, 0.2) is 17.1 Å². The third-order valence-corrected chi connectivity index (χ3v) is 5.60. The predicted molar refractivity (Wildman–Crippen MR) is 105 cm³/mol. The first-order valence-corrected chi connectivity index (χ1v) is 9.64. The van der Waals surface area contributed by atoms with E-state index < -0.39 is 0 Å². The summed E-state index contributed by atoms with van der Waals surface area (Å²) < 4.78 is 11.0. The molecule has 1 aromatic heterocycles. The lowest BCUT2D eigenvalue weighted by atomic mass is 10.1. The minimum absolute atomic E-state index is 0.230. The van der Waals surface area contributed by atoms with Crippen LogP contribution in [-0.4, -0.2) is 70.0 Å². The van der Waals surface area contributed by atoms with Gasteiger partial charge >= 0.3 is 0 Å². The Morgan fingerprint density at radius 1 is 1.36 bits per heavy atom. The van der Waals surface area contributed by atoms with Crippen molar-refractivity contribution in [2.24, 2.45) is 4.99 Å². The van der Waals surface area contributed by atoms with Crippen LogP contribution >= 0.6 is 11.3 Å². The fraction of sp³-hybridized carbons (Fsp3) is 0.722. The number of aryl methyl sites for hydroxylation is 1. The van der Waals surface area contributed by atoms with E-state index >= 15 is 0 Å². The largest absolute Gasteiger partial charge is 0.379 e. The van der Waals surface area contributed by atoms with Gasteiger partial charge in [-0.25, -0.2) is 0 Å². The van der Waals surface area contributed by atoms with Crippen molar-refractivity contribution in [1.29, 1.82) is 0 Å². The summed E-state index contributed by atoms with van der Waals surface area (Å²) in [6, 6.07) is 4.77. The Balaban J connectivity index is 1.98. The average molecular weight is 369 g/mol. The molecule has 1 atom stereocenters. The number of guanidine groups is 1. The number of hydrogen-bond acceptors (Lipinski definition) is 5. The maximum Gasteiger partial charge on any atom is 0.191 e. The first kappa shape index (κ1) is 20.2. The zero-order valence-corrected chi connectivity index (χ0v) is 16.9. The number of nitrogens with zero attached hydrogens (tertiary/aromatic N) is 2. The highest BCUT2D eigenvalue weighted by Gasteiger charge is 2.24. The summed E-state index contributed by atoms with van der Waals surface area (Å²) in [4.78, 5) is 9.57. The van der Waals surface area contributed by atoms with Crippen LogP contribution in [0.2, 0.25) is 0 Å². The SMILES string of the molecule is CN=C(NCC(c1ccc(C)s1)N1CCOCC1)NCC(C)(C)OC. The zero-order valence-electron chi connectivity index (χ0n) is 16.1. The number of thiophene rings is 1. The normalized spacial score (nSPS) is 18.2. The molecule has 1 saturated heterocycles. The smallest absolute Gasteiger partial charge is 0.191 e. The number of rotatable bonds is 7. The Hall–Kier alpha value is -1.15. The molecule has 1 unspecified atom stereocenters. The van der Waals surface area contributed by atoms with Crippen LogP contribution in [-0.2, 0) is 9.47 Å². The summed E-state index contributed by atoms with van der Waals surface area (Å²) in [5, 5.41) is 6.83. The molecule has 0 aliphatic carbocycles. The molecule has 0 aromatic carbocycles. The van der Waals surface area contributed by atoms with Crippen molar-refractivity contribution < 1.29 is 9.47 Å². The Bertz CT molecular complexity index is 553. The van der Waals surface area contributed by atoms with Crippen LogP contribution < -0.4 is 10.6 Å². The Labute approximate surface area is 155 Å². The van der Waals surface area contributed by atoms with Gasteiger partial charge in [0.25, 0.3) is 0 Å². The second-order valence-electron chi connectivity index (χ2n) is 6.88. The van der Waals surface area contributed by atoms with Gasteiger partial charge in [0.15, 0.2) is 5.96 Å². The average Bonchev–Trinajstić information content (AvgIpc) is 3.05. The van der Waals surface area contributed by atoms with Gasteiger partial charge in [-0.1, -0.05) is 0 Å². The van der Waals surface area contributed by atoms with E-state index in [1.54, 1.807) is 14.2 Å². The van der Waals surface area contributed by atoms with Crippen molar-refractivity contribution in [3.63, 3.8) is 0 Å². The van der Waals surface area contributed by atoms with E-state index in [4.69, 9.17) is 9.47 Å². The van der Waals surface area contributed by atoms with Crippen molar-refractivity contribution in [3.05, 3.63) is 21.9 Å². The number of methoxy groups -OCH3 is 1. The van der Waals surface area contributed by atoms with Gasteiger partial charge in [-0.05, 0) is 32.9 Å². The maximum atomic E-state index is 5.52. The van der Waals surface area contributed by atoms with E-state index in [1.165, 1.54) is 9.75 Å². The molecule has 2 heterocycles. The molecular weight excluding hydrogens is 336 g/mol. The van der Waals surface area contributed by atoms with E-state index in [1.807, 2.05) is 11.3 Å². The highest BCUT2D eigenvalue weighted by atomic mass is 32.1. The fourth-order valence-corrected chi connectivity index (χ4v) is 3.73. The summed E-state index contributed by atoms with van der Waals surface area (Å²) >= 11 is 1.87. The fourth-order valence-electron chi connectivity index (χ4n) is 2.71. The molecule has 1 aliphatic heterocycles. The molecule has 1 aromatic rings. The van der Waals surface area contributed by atoms with Crippen LogP contribution in [0.1, 0.15) is 29.6 Å². The van der Waals surface area contributed by atoms with E-state index in [2.05, 4.69) is 53.4 Å². The van der Waals surface area contributed by atoms with Gasteiger partial charge in [-0.15, -0.1) is 11.3 Å². The van der Waals surface area contributed by atoms with Crippen molar-refractivity contribution in [2.75, 3.05) is 53.6 Å². The molecular formula is C18H32N4O2S. The van der Waals surface area contributed by atoms with E-state index in [-0.39, 0.29) is 5.60 Å². The highest BCUT2D eigenvalue weighted by Crippen LogP contribution is 2.27. The first-order valence-electron chi connectivity index (χ1n) is 8.83. The number of aliphatic imine (C=N–C) groups is 1. The molecule has 0 radical (unpaired) electrons. The number of hydrogen-bond donors (Lipinski definition) is 2. The van der Waals surface area contributed by atoms with Crippen LogP contribution in [0.4, 0.5) is 0 Å². The van der Waals surface area contributed by atoms with Crippen LogP contribution in [0.3, 0.4) is 0 Å². The second-order valence-corrected chi connectivity index (χ2v) is 8.20. The molecule has 142 valence electrons. The molecule has 0 amide bonds. The van der Waals surface area contributed by atoms with Gasteiger partial charge in [-0.2, -0.15) is 0 Å².